The van der Waals surface area contributed by atoms with E-state index in [2.05, 4.69) is 127 Å². The average molecular weight is 567 g/mol. The molecule has 3 heteroatoms. The van der Waals surface area contributed by atoms with Gasteiger partial charge in [0.1, 0.15) is 0 Å². The van der Waals surface area contributed by atoms with E-state index in [4.69, 9.17) is 0 Å². The summed E-state index contributed by atoms with van der Waals surface area (Å²) in [5.74, 6) is 0. The van der Waals surface area contributed by atoms with Crippen LogP contribution in [0.3, 0.4) is 0 Å². The molecule has 0 spiro atoms. The molecule has 39 heavy (non-hydrogen) atoms. The van der Waals surface area contributed by atoms with Crippen molar-refractivity contribution in [3.63, 3.8) is 0 Å². The highest BCUT2D eigenvalue weighted by Gasteiger charge is 2.26. The molecule has 200 valence electrons. The number of rotatable bonds is 4. The van der Waals surface area contributed by atoms with Crippen molar-refractivity contribution in [1.82, 2.24) is 0 Å². The van der Waals surface area contributed by atoms with E-state index >= 15 is 0 Å². The highest BCUT2D eigenvalue weighted by atomic mass is 32.1. The van der Waals surface area contributed by atoms with Crippen LogP contribution in [0.5, 0.6) is 0 Å². The number of hydrogen-bond donors (Lipinski definition) is 0. The largest absolute Gasteiger partial charge is 0.144 e. The lowest BCUT2D eigenvalue weighted by molar-refractivity contribution is 0.528. The molecule has 3 aromatic carbocycles. The number of benzene rings is 3. The molecule has 0 aliphatic rings. The van der Waals surface area contributed by atoms with E-state index in [9.17, 15) is 0 Å². The summed E-state index contributed by atoms with van der Waals surface area (Å²) < 4.78 is 4.18. The van der Waals surface area contributed by atoms with Crippen LogP contribution in [0.2, 0.25) is 0 Å². The first-order valence-electron chi connectivity index (χ1n) is 13.9. The summed E-state index contributed by atoms with van der Waals surface area (Å²) in [7, 11) is 0. The second-order valence-electron chi connectivity index (χ2n) is 13.7. The first-order valence-corrected chi connectivity index (χ1v) is 16.4. The minimum absolute atomic E-state index is 0.0534. The van der Waals surface area contributed by atoms with Gasteiger partial charge in [0.25, 0.3) is 0 Å². The maximum absolute atomic E-state index is 2.50. The van der Waals surface area contributed by atoms with Gasteiger partial charge in [-0.25, -0.2) is 0 Å². The molecule has 0 aliphatic carbocycles. The van der Waals surface area contributed by atoms with Crippen LogP contribution >= 0.6 is 34.0 Å². The fourth-order valence-corrected chi connectivity index (χ4v) is 8.95. The van der Waals surface area contributed by atoms with Crippen molar-refractivity contribution >= 4 is 64.3 Å². The second kappa shape index (κ2) is 9.29. The molecule has 0 bridgehead atoms. The van der Waals surface area contributed by atoms with Crippen LogP contribution < -0.4 is 0 Å². The van der Waals surface area contributed by atoms with Crippen LogP contribution in [0.15, 0.2) is 71.4 Å². The molecule has 0 nitrogen and oxygen atoms in total. The van der Waals surface area contributed by atoms with E-state index in [0.29, 0.717) is 0 Å². The Kier molecular flexibility index (Phi) is 6.37. The molecular weight excluding hydrogens is 529 g/mol. The summed E-state index contributed by atoms with van der Waals surface area (Å²) in [6.07, 6.45) is 1.03. The van der Waals surface area contributed by atoms with E-state index in [1.807, 2.05) is 34.0 Å². The minimum atomic E-state index is 0.0534. The van der Waals surface area contributed by atoms with Gasteiger partial charge in [-0.1, -0.05) is 85.7 Å². The molecule has 0 saturated carbocycles. The Balaban J connectivity index is 1.49. The van der Waals surface area contributed by atoms with Crippen molar-refractivity contribution in [2.45, 2.75) is 78.1 Å². The van der Waals surface area contributed by atoms with Gasteiger partial charge in [-0.3, -0.25) is 0 Å². The third kappa shape index (κ3) is 4.88. The quantitative estimate of drug-likeness (QED) is 0.199. The van der Waals surface area contributed by atoms with Crippen molar-refractivity contribution in [2.75, 3.05) is 0 Å². The van der Waals surface area contributed by atoms with Crippen molar-refractivity contribution in [3.05, 3.63) is 93.0 Å². The minimum Gasteiger partial charge on any atom is -0.144 e. The van der Waals surface area contributed by atoms with Crippen molar-refractivity contribution < 1.29 is 0 Å². The van der Waals surface area contributed by atoms with Gasteiger partial charge in [0.05, 0.1) is 0 Å². The van der Waals surface area contributed by atoms with Gasteiger partial charge in [0.15, 0.2) is 0 Å². The first-order chi connectivity index (χ1) is 18.3. The zero-order valence-electron chi connectivity index (χ0n) is 24.4. The summed E-state index contributed by atoms with van der Waals surface area (Å²) >= 11 is 5.71. The lowest BCUT2D eigenvalue weighted by atomic mass is 9.80. The fraction of sp³-hybridized carbons (Fsp3) is 0.333. The van der Waals surface area contributed by atoms with Gasteiger partial charge >= 0.3 is 0 Å². The molecule has 0 aliphatic heterocycles. The van der Waals surface area contributed by atoms with Crippen LogP contribution in [0.4, 0.5) is 0 Å². The Hall–Kier alpha value is -2.46. The van der Waals surface area contributed by atoms with Gasteiger partial charge in [-0.2, -0.15) is 0 Å². The van der Waals surface area contributed by atoms with Crippen LogP contribution in [0.1, 0.15) is 77.0 Å². The normalized spacial score (nSPS) is 13.2. The molecule has 6 aromatic rings. The third-order valence-electron chi connectivity index (χ3n) is 8.13. The Bertz CT molecular complexity index is 1820. The van der Waals surface area contributed by atoms with E-state index in [-0.39, 0.29) is 16.2 Å². The fourth-order valence-electron chi connectivity index (χ4n) is 5.75. The maximum atomic E-state index is 2.50. The van der Waals surface area contributed by atoms with Crippen LogP contribution in [0.25, 0.3) is 41.4 Å². The molecule has 0 atom stereocenters. The molecule has 0 saturated heterocycles. The molecule has 3 aromatic heterocycles. The predicted octanol–water partition coefficient (Wildman–Crippen LogP) is 12.1. The van der Waals surface area contributed by atoms with Crippen LogP contribution in [-0.4, -0.2) is 0 Å². The monoisotopic (exact) mass is 566 g/mol. The molecule has 3 heterocycles. The lowest BCUT2D eigenvalue weighted by Gasteiger charge is -2.25. The second-order valence-corrected chi connectivity index (χ2v) is 16.7. The Morgan fingerprint density at radius 3 is 2.13 bits per heavy atom. The number of hydrogen-bond acceptors (Lipinski definition) is 3. The predicted molar refractivity (Wildman–Crippen MR) is 179 cm³/mol. The molecule has 0 radical (unpaired) electrons. The molecule has 0 N–H and O–H groups in total. The molecular formula is C36H38S3. The van der Waals surface area contributed by atoms with Crippen molar-refractivity contribution in [3.8, 4) is 11.1 Å². The Morgan fingerprint density at radius 2 is 1.38 bits per heavy atom. The first kappa shape index (κ1) is 26.7. The van der Waals surface area contributed by atoms with Gasteiger partial charge in [0, 0.05) is 35.5 Å². The van der Waals surface area contributed by atoms with E-state index < -0.39 is 0 Å². The topological polar surface area (TPSA) is 0 Å². The van der Waals surface area contributed by atoms with E-state index in [0.717, 1.165) is 6.42 Å². The van der Waals surface area contributed by atoms with Crippen molar-refractivity contribution in [2.24, 2.45) is 0 Å². The zero-order valence-corrected chi connectivity index (χ0v) is 26.8. The average Bonchev–Trinajstić information content (AvgIpc) is 3.58. The van der Waals surface area contributed by atoms with E-state index in [1.165, 1.54) is 63.0 Å². The van der Waals surface area contributed by atoms with Crippen LogP contribution in [-0.2, 0) is 22.7 Å². The van der Waals surface area contributed by atoms with Crippen LogP contribution in [0, 0.1) is 0 Å². The summed E-state index contributed by atoms with van der Waals surface area (Å²) in [6, 6.07) is 23.6. The summed E-state index contributed by atoms with van der Waals surface area (Å²) in [4.78, 5) is 1.47. The Morgan fingerprint density at radius 1 is 0.615 bits per heavy atom. The maximum Gasteiger partial charge on any atom is 0.0427 e. The lowest BCUT2D eigenvalue weighted by Crippen LogP contribution is -2.19. The summed E-state index contributed by atoms with van der Waals surface area (Å²) in [5, 5.41) is 8.73. The van der Waals surface area contributed by atoms with Gasteiger partial charge in [-0.05, 0) is 91.2 Å². The molecule has 0 unspecified atom stereocenters. The smallest absolute Gasteiger partial charge is 0.0427 e. The SMILES string of the molecule is CC(C)(C)c1ccc2scc(-c3ccc(C(C)(C)C)c4cc(CC(C)(C)c5ccc6ccsc6c5)sc34)c2c1. The Labute approximate surface area is 245 Å². The van der Waals surface area contributed by atoms with Crippen molar-refractivity contribution in [1.29, 1.82) is 0 Å². The van der Waals surface area contributed by atoms with Gasteiger partial charge < -0.3 is 0 Å². The molecule has 0 fully saturated rings. The number of thiophene rings is 3. The van der Waals surface area contributed by atoms with Gasteiger partial charge in [-0.15, -0.1) is 34.0 Å². The van der Waals surface area contributed by atoms with Gasteiger partial charge in [0.2, 0.25) is 0 Å². The standard InChI is InChI=1S/C36H38S3/c1-34(2,3)23-11-14-31-27(17-23)29(21-38-31)26-12-13-30(35(4,5)6)28-19-25(39-33(26)28)20-36(7,8)24-10-9-22-15-16-37-32(22)18-24/h9-19,21H,20H2,1-8H3. The molecule has 0 amide bonds. The summed E-state index contributed by atoms with van der Waals surface area (Å²) in [6.45, 7) is 18.7. The number of fused-ring (bicyclic) bond motifs is 3. The summed E-state index contributed by atoms with van der Waals surface area (Å²) in [5.41, 5.74) is 7.29. The highest BCUT2D eigenvalue weighted by molar-refractivity contribution is 7.20. The third-order valence-corrected chi connectivity index (χ3v) is 11.1. The highest BCUT2D eigenvalue weighted by Crippen LogP contribution is 2.46. The zero-order chi connectivity index (χ0) is 27.7. The molecule has 6 rings (SSSR count). The van der Waals surface area contributed by atoms with E-state index in [1.54, 1.807) is 0 Å².